The lowest BCUT2D eigenvalue weighted by atomic mass is 10.2. The zero-order valence-electron chi connectivity index (χ0n) is 9.41. The molecule has 2 heterocycles. The molecule has 15 heavy (non-hydrogen) atoms. The lowest BCUT2D eigenvalue weighted by molar-refractivity contribution is 0.311. The Kier molecular flexibility index (Phi) is 3.32. The van der Waals surface area contributed by atoms with E-state index in [1.807, 2.05) is 18.7 Å². The number of halogens is 1. The fourth-order valence-electron chi connectivity index (χ4n) is 2.22. The van der Waals surface area contributed by atoms with E-state index in [0.29, 0.717) is 5.92 Å². The van der Waals surface area contributed by atoms with E-state index in [9.17, 15) is 0 Å². The molecule has 1 unspecified atom stereocenters. The summed E-state index contributed by atoms with van der Waals surface area (Å²) in [7, 11) is 2.01. The Labute approximate surface area is 96.0 Å². The first-order valence-corrected chi connectivity index (χ1v) is 6.00. The summed E-state index contributed by atoms with van der Waals surface area (Å²) in [5.41, 5.74) is 2.39. The average Bonchev–Trinajstić information content (AvgIpc) is 2.75. The minimum atomic E-state index is 0.681. The first-order chi connectivity index (χ1) is 7.19. The third-order valence-corrected chi connectivity index (χ3v) is 3.51. The minimum Gasteiger partial charge on any atom is -0.297 e. The molecule has 1 aromatic rings. The predicted octanol–water partition coefficient (Wildman–Crippen LogP) is 1.79. The van der Waals surface area contributed by atoms with E-state index in [4.69, 9.17) is 11.6 Å². The highest BCUT2D eigenvalue weighted by Crippen LogP contribution is 2.19. The van der Waals surface area contributed by atoms with Crippen LogP contribution >= 0.6 is 11.6 Å². The molecular formula is C11H18ClN3. The van der Waals surface area contributed by atoms with E-state index in [0.717, 1.165) is 24.7 Å². The van der Waals surface area contributed by atoms with Gasteiger partial charge in [-0.25, -0.2) is 0 Å². The van der Waals surface area contributed by atoms with Crippen LogP contribution in [0.2, 0.25) is 0 Å². The van der Waals surface area contributed by atoms with Crippen LogP contribution in [0.1, 0.15) is 17.8 Å². The van der Waals surface area contributed by atoms with Gasteiger partial charge in [0.15, 0.2) is 0 Å². The molecule has 0 amide bonds. The normalized spacial score (nSPS) is 22.5. The van der Waals surface area contributed by atoms with Crippen molar-refractivity contribution in [2.45, 2.75) is 19.9 Å². The molecule has 0 saturated carbocycles. The van der Waals surface area contributed by atoms with E-state index in [1.165, 1.54) is 18.7 Å². The zero-order valence-corrected chi connectivity index (χ0v) is 10.2. The molecule has 1 saturated heterocycles. The number of aryl methyl sites for hydroxylation is 2. The van der Waals surface area contributed by atoms with Crippen LogP contribution in [0.5, 0.6) is 0 Å². The van der Waals surface area contributed by atoms with Crippen molar-refractivity contribution in [3.05, 3.63) is 17.5 Å². The van der Waals surface area contributed by atoms with Gasteiger partial charge in [0.1, 0.15) is 0 Å². The number of hydrogen-bond donors (Lipinski definition) is 0. The maximum absolute atomic E-state index is 5.87. The molecule has 2 rings (SSSR count). The first kappa shape index (κ1) is 11.0. The quantitative estimate of drug-likeness (QED) is 0.735. The third kappa shape index (κ3) is 2.52. The lowest BCUT2D eigenvalue weighted by Gasteiger charge is -2.15. The molecule has 3 nitrogen and oxygen atoms in total. The number of likely N-dealkylation sites (tertiary alicyclic amines) is 1. The Morgan fingerprint density at radius 1 is 1.60 bits per heavy atom. The second-order valence-corrected chi connectivity index (χ2v) is 4.75. The van der Waals surface area contributed by atoms with Gasteiger partial charge in [0.05, 0.1) is 11.4 Å². The number of rotatable bonds is 3. The van der Waals surface area contributed by atoms with Crippen LogP contribution in [0, 0.1) is 12.8 Å². The molecule has 0 spiro atoms. The summed E-state index contributed by atoms with van der Waals surface area (Å²) < 4.78 is 1.98. The van der Waals surface area contributed by atoms with Crippen molar-refractivity contribution >= 4 is 11.6 Å². The van der Waals surface area contributed by atoms with Crippen molar-refractivity contribution in [2.75, 3.05) is 19.0 Å². The molecule has 84 valence electrons. The molecule has 0 aromatic carbocycles. The summed E-state index contributed by atoms with van der Waals surface area (Å²) in [4.78, 5) is 2.46. The SMILES string of the molecule is Cc1cc(CN2CCC(CCl)C2)n(C)n1. The Morgan fingerprint density at radius 3 is 2.93 bits per heavy atom. The summed E-state index contributed by atoms with van der Waals surface area (Å²) in [6.45, 7) is 5.34. The summed E-state index contributed by atoms with van der Waals surface area (Å²) in [5, 5.41) is 4.36. The van der Waals surface area contributed by atoms with Crippen molar-refractivity contribution in [2.24, 2.45) is 13.0 Å². The molecule has 1 atom stereocenters. The van der Waals surface area contributed by atoms with Crippen LogP contribution in [0.3, 0.4) is 0 Å². The first-order valence-electron chi connectivity index (χ1n) is 5.47. The van der Waals surface area contributed by atoms with Gasteiger partial charge in [-0.3, -0.25) is 9.58 Å². The van der Waals surface area contributed by atoms with Gasteiger partial charge in [-0.05, 0) is 31.9 Å². The average molecular weight is 228 g/mol. The number of hydrogen-bond acceptors (Lipinski definition) is 2. The Morgan fingerprint density at radius 2 is 2.40 bits per heavy atom. The fraction of sp³-hybridized carbons (Fsp3) is 0.727. The molecule has 1 aliphatic rings. The van der Waals surface area contributed by atoms with Crippen LogP contribution < -0.4 is 0 Å². The van der Waals surface area contributed by atoms with Crippen LogP contribution in [0.15, 0.2) is 6.07 Å². The van der Waals surface area contributed by atoms with Gasteiger partial charge in [0.2, 0.25) is 0 Å². The van der Waals surface area contributed by atoms with E-state index < -0.39 is 0 Å². The highest BCUT2D eigenvalue weighted by Gasteiger charge is 2.22. The highest BCUT2D eigenvalue weighted by atomic mass is 35.5. The van der Waals surface area contributed by atoms with E-state index >= 15 is 0 Å². The van der Waals surface area contributed by atoms with Gasteiger partial charge >= 0.3 is 0 Å². The Balaban J connectivity index is 1.95. The summed E-state index contributed by atoms with van der Waals surface area (Å²) >= 11 is 5.87. The Bertz CT molecular complexity index is 335. The zero-order chi connectivity index (χ0) is 10.8. The molecule has 1 aromatic heterocycles. The number of nitrogens with zero attached hydrogens (tertiary/aromatic N) is 3. The second-order valence-electron chi connectivity index (χ2n) is 4.44. The van der Waals surface area contributed by atoms with Crippen LogP contribution in [0.25, 0.3) is 0 Å². The predicted molar refractivity (Wildman–Crippen MR) is 62.0 cm³/mol. The monoisotopic (exact) mass is 227 g/mol. The van der Waals surface area contributed by atoms with E-state index in [1.54, 1.807) is 0 Å². The fourth-order valence-corrected chi connectivity index (χ4v) is 2.48. The summed E-state index contributed by atoms with van der Waals surface area (Å²) in [6, 6.07) is 2.16. The maximum atomic E-state index is 5.87. The molecular weight excluding hydrogens is 210 g/mol. The van der Waals surface area contributed by atoms with Gasteiger partial charge in [0.25, 0.3) is 0 Å². The second kappa shape index (κ2) is 4.54. The molecule has 0 N–H and O–H groups in total. The van der Waals surface area contributed by atoms with Gasteiger partial charge in [-0.15, -0.1) is 11.6 Å². The maximum Gasteiger partial charge on any atom is 0.0597 e. The summed E-state index contributed by atoms with van der Waals surface area (Å²) in [6.07, 6.45) is 1.24. The Hall–Kier alpha value is -0.540. The standard InChI is InChI=1S/C11H18ClN3/c1-9-5-11(14(2)13-9)8-15-4-3-10(6-12)7-15/h5,10H,3-4,6-8H2,1-2H3. The van der Waals surface area contributed by atoms with Crippen molar-refractivity contribution in [3.63, 3.8) is 0 Å². The van der Waals surface area contributed by atoms with Crippen molar-refractivity contribution < 1.29 is 0 Å². The molecule has 4 heteroatoms. The summed E-state index contributed by atoms with van der Waals surface area (Å²) in [5.74, 6) is 1.47. The molecule has 0 bridgehead atoms. The van der Waals surface area contributed by atoms with Crippen molar-refractivity contribution in [1.29, 1.82) is 0 Å². The smallest absolute Gasteiger partial charge is 0.0597 e. The molecule has 0 radical (unpaired) electrons. The molecule has 1 aliphatic heterocycles. The minimum absolute atomic E-state index is 0.681. The highest BCUT2D eigenvalue weighted by molar-refractivity contribution is 6.18. The third-order valence-electron chi connectivity index (χ3n) is 3.07. The van der Waals surface area contributed by atoms with Gasteiger partial charge in [0, 0.05) is 26.0 Å². The van der Waals surface area contributed by atoms with Gasteiger partial charge in [-0.2, -0.15) is 5.10 Å². The number of aromatic nitrogens is 2. The molecule has 1 fully saturated rings. The van der Waals surface area contributed by atoms with Gasteiger partial charge < -0.3 is 0 Å². The van der Waals surface area contributed by atoms with Crippen molar-refractivity contribution in [3.8, 4) is 0 Å². The van der Waals surface area contributed by atoms with Crippen LogP contribution in [-0.2, 0) is 13.6 Å². The van der Waals surface area contributed by atoms with E-state index in [2.05, 4.69) is 16.1 Å². The largest absolute Gasteiger partial charge is 0.297 e. The van der Waals surface area contributed by atoms with Crippen LogP contribution in [-0.4, -0.2) is 33.6 Å². The van der Waals surface area contributed by atoms with Gasteiger partial charge in [-0.1, -0.05) is 0 Å². The van der Waals surface area contributed by atoms with Crippen molar-refractivity contribution in [1.82, 2.24) is 14.7 Å². The lowest BCUT2D eigenvalue weighted by Crippen LogP contribution is -2.21. The topological polar surface area (TPSA) is 21.1 Å². The molecule has 0 aliphatic carbocycles. The van der Waals surface area contributed by atoms with Crippen LogP contribution in [0.4, 0.5) is 0 Å². The van der Waals surface area contributed by atoms with E-state index in [-0.39, 0.29) is 0 Å². The number of alkyl halides is 1.